The molecule has 0 aromatic carbocycles. The molecule has 0 radical (unpaired) electrons. The van der Waals surface area contributed by atoms with Crippen LogP contribution in [0.25, 0.3) is 0 Å². The van der Waals surface area contributed by atoms with Gasteiger partial charge in [0.15, 0.2) is 0 Å². The third kappa shape index (κ3) is 6.38. The van der Waals surface area contributed by atoms with Gasteiger partial charge in [0.25, 0.3) is 0 Å². The van der Waals surface area contributed by atoms with E-state index in [-0.39, 0.29) is 6.04 Å². The van der Waals surface area contributed by atoms with Gasteiger partial charge in [0.1, 0.15) is 5.60 Å². The standard InChI is InChI=1S/C14H23N3O3/c1-14(2,3)20-13(18)17-9-11(15)7-10-5-6-12(19-4)16-8-10/h5-6,8,11H,7,9,15H2,1-4H3,(H,17,18). The van der Waals surface area contributed by atoms with Gasteiger partial charge in [0.2, 0.25) is 5.88 Å². The highest BCUT2D eigenvalue weighted by Crippen LogP contribution is 2.08. The maximum absolute atomic E-state index is 11.5. The molecular weight excluding hydrogens is 258 g/mol. The number of rotatable bonds is 5. The molecular formula is C14H23N3O3. The molecule has 0 fully saturated rings. The van der Waals surface area contributed by atoms with Gasteiger partial charge >= 0.3 is 6.09 Å². The number of alkyl carbamates (subject to hydrolysis) is 1. The second-order valence-corrected chi connectivity index (χ2v) is 5.56. The molecule has 6 nitrogen and oxygen atoms in total. The molecule has 6 heteroatoms. The maximum atomic E-state index is 11.5. The lowest BCUT2D eigenvalue weighted by molar-refractivity contribution is 0.0524. The number of ether oxygens (including phenoxy) is 2. The Labute approximate surface area is 119 Å². The largest absolute Gasteiger partial charge is 0.481 e. The van der Waals surface area contributed by atoms with Crippen LogP contribution in [0.5, 0.6) is 5.88 Å². The molecule has 1 atom stereocenters. The Morgan fingerprint density at radius 2 is 2.15 bits per heavy atom. The molecule has 1 aromatic rings. The van der Waals surface area contributed by atoms with E-state index in [9.17, 15) is 4.79 Å². The zero-order valence-corrected chi connectivity index (χ0v) is 12.5. The van der Waals surface area contributed by atoms with Crippen molar-refractivity contribution in [3.63, 3.8) is 0 Å². The van der Waals surface area contributed by atoms with Gasteiger partial charge in [0, 0.05) is 24.8 Å². The number of aromatic nitrogens is 1. The van der Waals surface area contributed by atoms with Gasteiger partial charge < -0.3 is 20.5 Å². The summed E-state index contributed by atoms with van der Waals surface area (Å²) in [5.41, 5.74) is 6.44. The normalized spacial score (nSPS) is 12.7. The van der Waals surface area contributed by atoms with E-state index in [1.54, 1.807) is 19.4 Å². The molecule has 1 aromatic heterocycles. The summed E-state index contributed by atoms with van der Waals surface area (Å²) in [5.74, 6) is 0.564. The molecule has 3 N–H and O–H groups in total. The van der Waals surface area contributed by atoms with Crippen LogP contribution in [-0.4, -0.2) is 36.4 Å². The van der Waals surface area contributed by atoms with Crippen LogP contribution in [0, 0.1) is 0 Å². The zero-order valence-electron chi connectivity index (χ0n) is 12.5. The minimum Gasteiger partial charge on any atom is -0.481 e. The third-order valence-corrected chi connectivity index (χ3v) is 2.41. The quantitative estimate of drug-likeness (QED) is 0.853. The highest BCUT2D eigenvalue weighted by Gasteiger charge is 2.16. The van der Waals surface area contributed by atoms with Crippen molar-refractivity contribution in [2.24, 2.45) is 5.73 Å². The van der Waals surface area contributed by atoms with E-state index in [4.69, 9.17) is 15.2 Å². The van der Waals surface area contributed by atoms with E-state index in [1.165, 1.54) is 0 Å². The summed E-state index contributed by atoms with van der Waals surface area (Å²) in [6.07, 6.45) is 1.87. The minimum absolute atomic E-state index is 0.197. The fraction of sp³-hybridized carbons (Fsp3) is 0.571. The Morgan fingerprint density at radius 1 is 1.45 bits per heavy atom. The number of methoxy groups -OCH3 is 1. The molecule has 0 bridgehead atoms. The van der Waals surface area contributed by atoms with E-state index < -0.39 is 11.7 Å². The lowest BCUT2D eigenvalue weighted by atomic mass is 10.1. The summed E-state index contributed by atoms with van der Waals surface area (Å²) in [5, 5.41) is 2.65. The first-order valence-electron chi connectivity index (χ1n) is 6.51. The molecule has 0 aliphatic carbocycles. The summed E-state index contributed by atoms with van der Waals surface area (Å²) in [7, 11) is 1.57. The van der Waals surface area contributed by atoms with Crippen LogP contribution < -0.4 is 15.8 Å². The number of hydrogen-bond acceptors (Lipinski definition) is 5. The van der Waals surface area contributed by atoms with Crippen LogP contribution in [0.4, 0.5) is 4.79 Å². The van der Waals surface area contributed by atoms with Gasteiger partial charge in [-0.15, -0.1) is 0 Å². The van der Waals surface area contributed by atoms with Gasteiger partial charge in [-0.05, 0) is 32.8 Å². The Balaban J connectivity index is 2.36. The first kappa shape index (κ1) is 16.2. The number of carbonyl (C=O) groups is 1. The van der Waals surface area contributed by atoms with Crippen molar-refractivity contribution < 1.29 is 14.3 Å². The summed E-state index contributed by atoms with van der Waals surface area (Å²) in [6.45, 7) is 5.79. The summed E-state index contributed by atoms with van der Waals surface area (Å²) >= 11 is 0. The Bertz CT molecular complexity index is 426. The molecule has 0 aliphatic heterocycles. The zero-order chi connectivity index (χ0) is 15.2. The topological polar surface area (TPSA) is 86.5 Å². The van der Waals surface area contributed by atoms with E-state index in [2.05, 4.69) is 10.3 Å². The minimum atomic E-state index is -0.506. The second kappa shape index (κ2) is 7.09. The predicted octanol–water partition coefficient (Wildman–Crippen LogP) is 1.48. The van der Waals surface area contributed by atoms with Gasteiger partial charge in [-0.25, -0.2) is 9.78 Å². The van der Waals surface area contributed by atoms with Crippen molar-refractivity contribution in [2.75, 3.05) is 13.7 Å². The SMILES string of the molecule is COc1ccc(CC(N)CNC(=O)OC(C)(C)C)cn1. The van der Waals surface area contributed by atoms with Crippen LogP contribution in [-0.2, 0) is 11.2 Å². The summed E-state index contributed by atoms with van der Waals surface area (Å²) < 4.78 is 10.1. The van der Waals surface area contributed by atoms with Crippen LogP contribution in [0.15, 0.2) is 18.3 Å². The van der Waals surface area contributed by atoms with E-state index in [1.807, 2.05) is 26.8 Å². The molecule has 0 saturated heterocycles. The van der Waals surface area contributed by atoms with Crippen LogP contribution in [0.2, 0.25) is 0 Å². The van der Waals surface area contributed by atoms with Crippen molar-refractivity contribution >= 4 is 6.09 Å². The average molecular weight is 281 g/mol. The number of nitrogens with zero attached hydrogens (tertiary/aromatic N) is 1. The van der Waals surface area contributed by atoms with Crippen molar-refractivity contribution in [3.8, 4) is 5.88 Å². The Kier molecular flexibility index (Phi) is 5.76. The summed E-state index contributed by atoms with van der Waals surface area (Å²) in [6, 6.07) is 3.49. The molecule has 1 unspecified atom stereocenters. The predicted molar refractivity (Wildman–Crippen MR) is 76.7 cm³/mol. The molecule has 0 spiro atoms. The first-order valence-corrected chi connectivity index (χ1v) is 6.51. The van der Waals surface area contributed by atoms with Crippen molar-refractivity contribution in [3.05, 3.63) is 23.9 Å². The van der Waals surface area contributed by atoms with E-state index in [0.29, 0.717) is 18.8 Å². The molecule has 1 heterocycles. The first-order chi connectivity index (χ1) is 9.30. The lowest BCUT2D eigenvalue weighted by Gasteiger charge is -2.20. The second-order valence-electron chi connectivity index (χ2n) is 5.56. The number of nitrogens with one attached hydrogen (secondary N) is 1. The van der Waals surface area contributed by atoms with E-state index in [0.717, 1.165) is 5.56 Å². The van der Waals surface area contributed by atoms with E-state index >= 15 is 0 Å². The van der Waals surface area contributed by atoms with Gasteiger partial charge in [-0.3, -0.25) is 0 Å². The molecule has 112 valence electrons. The molecule has 1 amide bonds. The monoisotopic (exact) mass is 281 g/mol. The average Bonchev–Trinajstić information content (AvgIpc) is 2.35. The molecule has 0 saturated carbocycles. The van der Waals surface area contributed by atoms with Crippen LogP contribution in [0.1, 0.15) is 26.3 Å². The molecule has 0 aliphatic rings. The fourth-order valence-corrected chi connectivity index (χ4v) is 1.56. The van der Waals surface area contributed by atoms with Crippen LogP contribution >= 0.6 is 0 Å². The number of nitrogens with two attached hydrogens (primary N) is 1. The van der Waals surface area contributed by atoms with Crippen molar-refractivity contribution in [1.29, 1.82) is 0 Å². The van der Waals surface area contributed by atoms with Gasteiger partial charge in [0.05, 0.1) is 7.11 Å². The van der Waals surface area contributed by atoms with Crippen LogP contribution in [0.3, 0.4) is 0 Å². The fourth-order valence-electron chi connectivity index (χ4n) is 1.56. The highest BCUT2D eigenvalue weighted by molar-refractivity contribution is 5.67. The molecule has 1 rings (SSSR count). The number of pyridine rings is 1. The lowest BCUT2D eigenvalue weighted by Crippen LogP contribution is -2.41. The van der Waals surface area contributed by atoms with Gasteiger partial charge in [-0.1, -0.05) is 6.07 Å². The van der Waals surface area contributed by atoms with Crippen molar-refractivity contribution in [1.82, 2.24) is 10.3 Å². The number of hydrogen-bond donors (Lipinski definition) is 2. The molecule has 20 heavy (non-hydrogen) atoms. The third-order valence-electron chi connectivity index (χ3n) is 2.41. The number of amides is 1. The Morgan fingerprint density at radius 3 is 2.65 bits per heavy atom. The Hall–Kier alpha value is -1.82. The van der Waals surface area contributed by atoms with Gasteiger partial charge in [-0.2, -0.15) is 0 Å². The maximum Gasteiger partial charge on any atom is 0.407 e. The number of carbonyl (C=O) groups excluding carboxylic acids is 1. The highest BCUT2D eigenvalue weighted by atomic mass is 16.6. The van der Waals surface area contributed by atoms with Crippen molar-refractivity contribution in [2.45, 2.75) is 38.8 Å². The smallest absolute Gasteiger partial charge is 0.407 e. The summed E-state index contributed by atoms with van der Waals surface area (Å²) in [4.78, 5) is 15.6.